The molecule has 0 aliphatic carbocycles. The van der Waals surface area contributed by atoms with Crippen molar-refractivity contribution in [1.82, 2.24) is 4.90 Å². The van der Waals surface area contributed by atoms with Crippen LogP contribution in [0.5, 0.6) is 0 Å². The van der Waals surface area contributed by atoms with Crippen LogP contribution in [0.2, 0.25) is 0 Å². The highest BCUT2D eigenvalue weighted by atomic mass is 16.4. The normalized spacial score (nSPS) is 13.9. The molecule has 0 aromatic heterocycles. The van der Waals surface area contributed by atoms with Crippen molar-refractivity contribution in [3.63, 3.8) is 0 Å². The van der Waals surface area contributed by atoms with Gasteiger partial charge in [-0.05, 0) is 31.7 Å². The Morgan fingerprint density at radius 3 is 2.72 bits per heavy atom. The SMILES string of the molecule is CC(C(=O)O)C(C)N(C)Cc1cccc(C#N)c1. The van der Waals surface area contributed by atoms with E-state index in [4.69, 9.17) is 10.4 Å². The van der Waals surface area contributed by atoms with Crippen molar-refractivity contribution in [2.45, 2.75) is 26.4 Å². The second kappa shape index (κ2) is 6.18. The number of rotatable bonds is 5. The lowest BCUT2D eigenvalue weighted by molar-refractivity contribution is -0.143. The van der Waals surface area contributed by atoms with Crippen LogP contribution in [0, 0.1) is 17.2 Å². The number of aliphatic carboxylic acids is 1. The maximum Gasteiger partial charge on any atom is 0.307 e. The molecule has 4 nitrogen and oxygen atoms in total. The van der Waals surface area contributed by atoms with Crippen LogP contribution in [-0.2, 0) is 11.3 Å². The zero-order valence-corrected chi connectivity index (χ0v) is 10.9. The van der Waals surface area contributed by atoms with Gasteiger partial charge >= 0.3 is 5.97 Å². The summed E-state index contributed by atoms with van der Waals surface area (Å²) >= 11 is 0. The monoisotopic (exact) mass is 246 g/mol. The Bertz CT molecular complexity index is 465. The fraction of sp³-hybridized carbons (Fsp3) is 0.429. The summed E-state index contributed by atoms with van der Waals surface area (Å²) in [5.41, 5.74) is 1.64. The van der Waals surface area contributed by atoms with Gasteiger partial charge in [-0.25, -0.2) is 0 Å². The highest BCUT2D eigenvalue weighted by Gasteiger charge is 2.22. The van der Waals surface area contributed by atoms with E-state index in [1.54, 1.807) is 13.0 Å². The van der Waals surface area contributed by atoms with Crippen LogP contribution in [0.15, 0.2) is 24.3 Å². The number of carbonyl (C=O) groups is 1. The van der Waals surface area contributed by atoms with Crippen molar-refractivity contribution >= 4 is 5.97 Å². The minimum atomic E-state index is -0.792. The van der Waals surface area contributed by atoms with E-state index in [1.165, 1.54) is 0 Å². The standard InChI is InChI=1S/C14H18N2O2/c1-10(14(17)18)11(2)16(3)9-13-6-4-5-12(7-13)8-15/h4-7,10-11H,9H2,1-3H3,(H,17,18). The van der Waals surface area contributed by atoms with Crippen LogP contribution >= 0.6 is 0 Å². The predicted molar refractivity (Wildman–Crippen MR) is 68.9 cm³/mol. The molecular weight excluding hydrogens is 228 g/mol. The maximum absolute atomic E-state index is 10.9. The van der Waals surface area contributed by atoms with E-state index in [9.17, 15) is 4.79 Å². The molecule has 1 N–H and O–H groups in total. The first kappa shape index (κ1) is 14.2. The highest BCUT2D eigenvalue weighted by Crippen LogP contribution is 2.14. The van der Waals surface area contributed by atoms with E-state index >= 15 is 0 Å². The molecule has 0 fully saturated rings. The second-order valence-corrected chi connectivity index (χ2v) is 4.59. The number of nitriles is 1. The average Bonchev–Trinajstić information content (AvgIpc) is 2.36. The lowest BCUT2D eigenvalue weighted by atomic mass is 10.0. The molecule has 0 amide bonds. The van der Waals surface area contributed by atoms with Crippen LogP contribution < -0.4 is 0 Å². The fourth-order valence-electron chi connectivity index (χ4n) is 1.76. The molecule has 0 saturated carbocycles. The predicted octanol–water partition coefficient (Wildman–Crippen LogP) is 2.10. The number of hydrogen-bond acceptors (Lipinski definition) is 3. The maximum atomic E-state index is 10.9. The van der Waals surface area contributed by atoms with Crippen molar-refractivity contribution in [3.05, 3.63) is 35.4 Å². The van der Waals surface area contributed by atoms with Gasteiger partial charge in [0.1, 0.15) is 0 Å². The van der Waals surface area contributed by atoms with E-state index in [1.807, 2.05) is 37.1 Å². The van der Waals surface area contributed by atoms with Gasteiger partial charge in [-0.1, -0.05) is 19.1 Å². The molecule has 0 aliphatic heterocycles. The van der Waals surface area contributed by atoms with Crippen LogP contribution in [-0.4, -0.2) is 29.1 Å². The molecule has 0 aliphatic rings. The van der Waals surface area contributed by atoms with Crippen molar-refractivity contribution < 1.29 is 9.90 Å². The van der Waals surface area contributed by atoms with E-state index in [0.717, 1.165) is 5.56 Å². The van der Waals surface area contributed by atoms with Gasteiger partial charge in [-0.3, -0.25) is 9.69 Å². The van der Waals surface area contributed by atoms with Crippen molar-refractivity contribution in [1.29, 1.82) is 5.26 Å². The van der Waals surface area contributed by atoms with E-state index < -0.39 is 11.9 Å². The number of benzene rings is 1. The molecule has 0 bridgehead atoms. The molecule has 1 rings (SSSR count). The van der Waals surface area contributed by atoms with Crippen LogP contribution in [0.1, 0.15) is 25.0 Å². The van der Waals surface area contributed by atoms with Crippen LogP contribution in [0.3, 0.4) is 0 Å². The Kier molecular flexibility index (Phi) is 4.87. The minimum Gasteiger partial charge on any atom is -0.481 e. The molecule has 0 saturated heterocycles. The number of hydrogen-bond donors (Lipinski definition) is 1. The quantitative estimate of drug-likeness (QED) is 0.864. The van der Waals surface area contributed by atoms with Crippen LogP contribution in [0.4, 0.5) is 0 Å². The summed E-state index contributed by atoms with van der Waals surface area (Å²) in [4.78, 5) is 12.9. The van der Waals surface area contributed by atoms with Gasteiger partial charge in [0, 0.05) is 12.6 Å². The first-order valence-corrected chi connectivity index (χ1v) is 5.87. The number of carboxylic acid groups (broad SMARTS) is 1. The zero-order valence-electron chi connectivity index (χ0n) is 10.9. The Hall–Kier alpha value is -1.86. The molecule has 0 heterocycles. The van der Waals surface area contributed by atoms with Gasteiger partial charge in [0.2, 0.25) is 0 Å². The third kappa shape index (κ3) is 3.57. The van der Waals surface area contributed by atoms with Crippen molar-refractivity contribution in [2.75, 3.05) is 7.05 Å². The Labute approximate surface area is 107 Å². The molecule has 1 aromatic carbocycles. The van der Waals surface area contributed by atoms with Gasteiger partial charge in [-0.15, -0.1) is 0 Å². The van der Waals surface area contributed by atoms with Gasteiger partial charge < -0.3 is 5.11 Å². The number of nitrogens with zero attached hydrogens (tertiary/aromatic N) is 2. The molecule has 4 heteroatoms. The molecule has 18 heavy (non-hydrogen) atoms. The summed E-state index contributed by atoms with van der Waals surface area (Å²) in [5, 5.41) is 17.8. The Morgan fingerprint density at radius 1 is 1.50 bits per heavy atom. The first-order valence-electron chi connectivity index (χ1n) is 5.87. The lowest BCUT2D eigenvalue weighted by Gasteiger charge is -2.27. The second-order valence-electron chi connectivity index (χ2n) is 4.59. The topological polar surface area (TPSA) is 64.3 Å². The van der Waals surface area contributed by atoms with E-state index in [0.29, 0.717) is 12.1 Å². The summed E-state index contributed by atoms with van der Waals surface area (Å²) in [6.45, 7) is 4.23. The van der Waals surface area contributed by atoms with E-state index in [-0.39, 0.29) is 6.04 Å². The highest BCUT2D eigenvalue weighted by molar-refractivity contribution is 5.70. The molecule has 1 aromatic rings. The Morgan fingerprint density at radius 2 is 2.17 bits per heavy atom. The summed E-state index contributed by atoms with van der Waals surface area (Å²) < 4.78 is 0. The molecule has 2 unspecified atom stereocenters. The summed E-state index contributed by atoms with van der Waals surface area (Å²) in [5.74, 6) is -1.21. The minimum absolute atomic E-state index is 0.0618. The summed E-state index contributed by atoms with van der Waals surface area (Å²) in [6, 6.07) is 9.40. The van der Waals surface area contributed by atoms with Gasteiger partial charge in [-0.2, -0.15) is 5.26 Å². The van der Waals surface area contributed by atoms with Gasteiger partial charge in [0.15, 0.2) is 0 Å². The Balaban J connectivity index is 2.72. The molecular formula is C14H18N2O2. The molecule has 0 spiro atoms. The summed E-state index contributed by atoms with van der Waals surface area (Å²) in [6.07, 6.45) is 0. The van der Waals surface area contributed by atoms with Crippen molar-refractivity contribution in [2.24, 2.45) is 5.92 Å². The largest absolute Gasteiger partial charge is 0.481 e. The lowest BCUT2D eigenvalue weighted by Crippen LogP contribution is -2.37. The van der Waals surface area contributed by atoms with Gasteiger partial charge in [0.25, 0.3) is 0 Å². The van der Waals surface area contributed by atoms with Crippen LogP contribution in [0.25, 0.3) is 0 Å². The molecule has 0 radical (unpaired) electrons. The zero-order chi connectivity index (χ0) is 13.7. The smallest absolute Gasteiger partial charge is 0.307 e. The van der Waals surface area contributed by atoms with E-state index in [2.05, 4.69) is 6.07 Å². The first-order chi connectivity index (χ1) is 8.45. The summed E-state index contributed by atoms with van der Waals surface area (Å²) in [7, 11) is 1.89. The fourth-order valence-corrected chi connectivity index (χ4v) is 1.76. The van der Waals surface area contributed by atoms with Gasteiger partial charge in [0.05, 0.1) is 17.6 Å². The third-order valence-corrected chi connectivity index (χ3v) is 3.30. The molecule has 2 atom stereocenters. The average molecular weight is 246 g/mol. The van der Waals surface area contributed by atoms with Crippen molar-refractivity contribution in [3.8, 4) is 6.07 Å². The third-order valence-electron chi connectivity index (χ3n) is 3.30. The molecule has 96 valence electrons. The number of carboxylic acids is 1.